The summed E-state index contributed by atoms with van der Waals surface area (Å²) in [7, 11) is 0. The maximum absolute atomic E-state index is 13.3. The minimum Gasteiger partial charge on any atom is -0.490 e. The number of carbonyl (C=O) groups is 5. The summed E-state index contributed by atoms with van der Waals surface area (Å²) < 4.78 is 12.8. The number of piperidine rings is 1. The first kappa shape index (κ1) is 40.3. The Morgan fingerprint density at radius 2 is 1.91 bits per heavy atom. The van der Waals surface area contributed by atoms with E-state index in [1.54, 1.807) is 38.2 Å². The Hall–Kier alpha value is -6.39. The number of nitrogens with one attached hydrogen (secondary N) is 4. The number of nitrogens with two attached hydrogens (primary N) is 1. The van der Waals surface area contributed by atoms with Gasteiger partial charge in [-0.05, 0) is 87.9 Å². The highest BCUT2D eigenvalue weighted by molar-refractivity contribution is 6.25. The molecule has 0 aliphatic carbocycles. The Bertz CT molecular complexity index is 2250. The van der Waals surface area contributed by atoms with Crippen LogP contribution >= 0.6 is 0 Å². The molecule has 1 aromatic carbocycles. The van der Waals surface area contributed by atoms with Crippen molar-refractivity contribution in [1.82, 2.24) is 45.7 Å². The molecule has 1 saturated heterocycles. The molecule has 6 rings (SSSR count). The number of pyridine rings is 1. The van der Waals surface area contributed by atoms with Crippen LogP contribution in [0.2, 0.25) is 0 Å². The van der Waals surface area contributed by atoms with E-state index in [2.05, 4.69) is 48.4 Å². The van der Waals surface area contributed by atoms with Crippen molar-refractivity contribution in [3.8, 4) is 29.1 Å². The number of carbonyl (C=O) groups excluding carboxylic acids is 5. The number of imide groups is 2. The summed E-state index contributed by atoms with van der Waals surface area (Å²) in [6.07, 6.45) is 3.93. The fraction of sp³-hybridized carbons (Fsp3) is 0.447. The number of benzene rings is 1. The van der Waals surface area contributed by atoms with Gasteiger partial charge < -0.3 is 36.1 Å². The lowest BCUT2D eigenvalue weighted by Gasteiger charge is -2.27. The molecular formula is C38H45N11O8. The Labute approximate surface area is 327 Å². The molecule has 2 aliphatic heterocycles. The van der Waals surface area contributed by atoms with Crippen LogP contribution in [0.3, 0.4) is 0 Å². The summed E-state index contributed by atoms with van der Waals surface area (Å²) in [6.45, 7) is 8.10. The Morgan fingerprint density at radius 3 is 2.65 bits per heavy atom. The first-order valence-corrected chi connectivity index (χ1v) is 18.8. The number of nitrogen functional groups attached to an aromatic ring is 1. The molecule has 300 valence electrons. The number of hydrogen-bond acceptors (Lipinski definition) is 15. The second-order valence-corrected chi connectivity index (χ2v) is 14.0. The van der Waals surface area contributed by atoms with Crippen molar-refractivity contribution in [2.75, 3.05) is 43.8 Å². The number of aryl methyl sites for hydroxylation is 1. The molecule has 7 N–H and O–H groups in total. The number of ether oxygens (including phenoxy) is 1. The number of rotatable bonds is 17. The third kappa shape index (κ3) is 9.19. The van der Waals surface area contributed by atoms with Crippen LogP contribution in [-0.4, -0.2) is 109 Å². The number of anilines is 2. The first-order chi connectivity index (χ1) is 27.4. The Kier molecular flexibility index (Phi) is 12.4. The van der Waals surface area contributed by atoms with Crippen molar-refractivity contribution in [2.24, 2.45) is 0 Å². The van der Waals surface area contributed by atoms with Crippen LogP contribution in [0.5, 0.6) is 5.75 Å². The van der Waals surface area contributed by atoms with Gasteiger partial charge in [0.25, 0.3) is 11.8 Å². The summed E-state index contributed by atoms with van der Waals surface area (Å²) in [5, 5.41) is 29.3. The standard InChI is InChI=1S/C38H45N11O8/c1-4-48-32-26(21-43-24(14-15-38(2,3)55)30(32)45-34(48)31-33(39)47-57-46-31)56-20-8-17-40-16-6-11-27(50)42-19-7-18-41-23-10-5-9-22-29(23)37(54)49(36(22)53)25-12-13-28(51)44-35(25)52/h5,9-10,21,25,40-41,55H,4,6-8,11-13,16-20H2,1-3H3,(H2,39,47)(H,42,50)(H,44,51,52). The van der Waals surface area contributed by atoms with E-state index in [9.17, 15) is 29.1 Å². The number of aliphatic hydroxyl groups is 1. The summed E-state index contributed by atoms with van der Waals surface area (Å²) in [5.41, 5.74) is 7.35. The van der Waals surface area contributed by atoms with E-state index < -0.39 is 35.3 Å². The van der Waals surface area contributed by atoms with Crippen molar-refractivity contribution >= 4 is 52.1 Å². The van der Waals surface area contributed by atoms with Crippen LogP contribution < -0.4 is 31.7 Å². The quantitative estimate of drug-likeness (QED) is 0.0502. The lowest BCUT2D eigenvalue weighted by atomic mass is 10.0. The van der Waals surface area contributed by atoms with E-state index in [1.165, 1.54) is 0 Å². The number of aromatic nitrogens is 5. The lowest BCUT2D eigenvalue weighted by molar-refractivity contribution is -0.136. The molecule has 3 aromatic heterocycles. The molecular weight excluding hydrogens is 738 g/mol. The fourth-order valence-electron chi connectivity index (χ4n) is 6.53. The molecule has 4 aromatic rings. The third-order valence-electron chi connectivity index (χ3n) is 9.24. The van der Waals surface area contributed by atoms with E-state index in [-0.39, 0.29) is 41.4 Å². The van der Waals surface area contributed by atoms with Gasteiger partial charge in [-0.2, -0.15) is 0 Å². The van der Waals surface area contributed by atoms with Crippen molar-refractivity contribution in [3.63, 3.8) is 0 Å². The van der Waals surface area contributed by atoms with Crippen LogP contribution in [0.25, 0.3) is 22.6 Å². The number of imidazole rings is 1. The summed E-state index contributed by atoms with van der Waals surface area (Å²) in [6, 6.07) is 3.85. The van der Waals surface area contributed by atoms with Crippen LogP contribution in [0, 0.1) is 11.8 Å². The number of hydrogen-bond donors (Lipinski definition) is 6. The van der Waals surface area contributed by atoms with Crippen LogP contribution in [0.1, 0.15) is 85.7 Å². The van der Waals surface area contributed by atoms with Gasteiger partial charge in [0.15, 0.2) is 23.1 Å². The summed E-state index contributed by atoms with van der Waals surface area (Å²) >= 11 is 0. The van der Waals surface area contributed by atoms with Crippen molar-refractivity contribution < 1.29 is 38.4 Å². The molecule has 19 heteroatoms. The normalized spacial score (nSPS) is 15.4. The van der Waals surface area contributed by atoms with Gasteiger partial charge in [-0.25, -0.2) is 14.6 Å². The average molecular weight is 784 g/mol. The maximum Gasteiger partial charge on any atom is 0.264 e. The smallest absolute Gasteiger partial charge is 0.264 e. The maximum atomic E-state index is 13.3. The highest BCUT2D eigenvalue weighted by Crippen LogP contribution is 2.34. The van der Waals surface area contributed by atoms with Gasteiger partial charge >= 0.3 is 0 Å². The zero-order chi connectivity index (χ0) is 40.7. The Morgan fingerprint density at radius 1 is 1.11 bits per heavy atom. The largest absolute Gasteiger partial charge is 0.490 e. The molecule has 5 heterocycles. The molecule has 57 heavy (non-hydrogen) atoms. The average Bonchev–Trinajstić information content (AvgIpc) is 3.85. The second-order valence-electron chi connectivity index (χ2n) is 14.0. The molecule has 1 fully saturated rings. The number of fused-ring (bicyclic) bond motifs is 2. The van der Waals surface area contributed by atoms with E-state index >= 15 is 0 Å². The zero-order valence-corrected chi connectivity index (χ0v) is 31.9. The highest BCUT2D eigenvalue weighted by Gasteiger charge is 2.45. The third-order valence-corrected chi connectivity index (χ3v) is 9.24. The summed E-state index contributed by atoms with van der Waals surface area (Å²) in [5.74, 6) is 4.38. The van der Waals surface area contributed by atoms with Gasteiger partial charge in [0.1, 0.15) is 28.4 Å². The molecule has 5 amide bonds. The first-order valence-electron chi connectivity index (χ1n) is 18.8. The Balaban J connectivity index is 0.904. The van der Waals surface area contributed by atoms with Crippen LogP contribution in [0.4, 0.5) is 11.5 Å². The second kappa shape index (κ2) is 17.6. The molecule has 0 spiro atoms. The molecule has 0 saturated carbocycles. The number of nitrogens with zero attached hydrogens (tertiary/aromatic N) is 6. The SMILES string of the molecule is CCn1c(-c2nonc2N)nc2c(C#CC(C)(C)O)ncc(OCCCNCCCC(=O)NCCCNc3cccc4c3C(=O)N(C3CCC(=O)NC3=O)C4=O)c21. The minimum absolute atomic E-state index is 0.0477. The van der Waals surface area contributed by atoms with Gasteiger partial charge in [0, 0.05) is 38.2 Å². The van der Waals surface area contributed by atoms with Crippen LogP contribution in [0.15, 0.2) is 29.0 Å². The highest BCUT2D eigenvalue weighted by atomic mass is 16.6. The van der Waals surface area contributed by atoms with Gasteiger partial charge in [-0.1, -0.05) is 12.0 Å². The van der Waals surface area contributed by atoms with Crippen molar-refractivity contribution in [2.45, 2.75) is 77.5 Å². The molecule has 1 unspecified atom stereocenters. The van der Waals surface area contributed by atoms with E-state index in [0.29, 0.717) is 99.0 Å². The van der Waals surface area contributed by atoms with Gasteiger partial charge in [0.2, 0.25) is 17.7 Å². The van der Waals surface area contributed by atoms with Gasteiger partial charge in [-0.3, -0.25) is 34.2 Å². The van der Waals surface area contributed by atoms with E-state index in [4.69, 9.17) is 20.1 Å². The molecule has 2 aliphatic rings. The van der Waals surface area contributed by atoms with E-state index in [0.717, 1.165) is 4.90 Å². The van der Waals surface area contributed by atoms with Crippen molar-refractivity contribution in [3.05, 3.63) is 41.2 Å². The molecule has 0 radical (unpaired) electrons. The molecule has 0 bridgehead atoms. The monoisotopic (exact) mass is 783 g/mol. The predicted octanol–water partition coefficient (Wildman–Crippen LogP) is 1.36. The van der Waals surface area contributed by atoms with Gasteiger partial charge in [-0.15, -0.1) is 0 Å². The topological polar surface area (TPSA) is 262 Å². The lowest BCUT2D eigenvalue weighted by Crippen LogP contribution is -2.54. The molecule has 19 nitrogen and oxygen atoms in total. The van der Waals surface area contributed by atoms with Gasteiger partial charge in [0.05, 0.1) is 23.9 Å². The fourth-order valence-corrected chi connectivity index (χ4v) is 6.53. The molecule has 1 atom stereocenters. The summed E-state index contributed by atoms with van der Waals surface area (Å²) in [4.78, 5) is 72.8. The van der Waals surface area contributed by atoms with Crippen molar-refractivity contribution in [1.29, 1.82) is 0 Å². The predicted molar refractivity (Wildman–Crippen MR) is 206 cm³/mol. The zero-order valence-electron chi connectivity index (χ0n) is 31.9. The minimum atomic E-state index is -1.23. The van der Waals surface area contributed by atoms with Crippen LogP contribution in [-0.2, 0) is 20.9 Å². The number of amides is 5. The van der Waals surface area contributed by atoms with E-state index in [1.807, 2.05) is 11.5 Å².